The zero-order chi connectivity index (χ0) is 19.9. The number of halogens is 3. The van der Waals surface area contributed by atoms with E-state index in [1.54, 1.807) is 12.3 Å². The summed E-state index contributed by atoms with van der Waals surface area (Å²) in [5, 5.41) is 1.02. The van der Waals surface area contributed by atoms with E-state index in [1.165, 1.54) is 11.8 Å². The smallest absolute Gasteiger partial charge is 0.248 e. The topological polar surface area (TPSA) is 81.1 Å². The first-order chi connectivity index (χ1) is 13.3. The second-order valence-electron chi connectivity index (χ2n) is 7.70. The number of nitrogen functional groups attached to an aromatic ring is 2. The molecule has 1 spiro atoms. The molecule has 2 aliphatic rings. The van der Waals surface area contributed by atoms with Crippen LogP contribution in [0.15, 0.2) is 34.3 Å². The minimum absolute atomic E-state index is 0.0121. The molecule has 0 amide bonds. The number of nitrogens with zero attached hydrogens (tertiary/aromatic N) is 3. The fourth-order valence-electron chi connectivity index (χ4n) is 4.13. The number of rotatable bonds is 3. The highest BCUT2D eigenvalue weighted by molar-refractivity contribution is 7.99. The average molecular weight is 426 g/mol. The fourth-order valence-corrected chi connectivity index (χ4v) is 5.19. The van der Waals surface area contributed by atoms with Gasteiger partial charge in [-0.05, 0) is 36.8 Å². The molecule has 2 aromatic rings. The third kappa shape index (κ3) is 3.85. The van der Waals surface area contributed by atoms with Gasteiger partial charge in [0.25, 0.3) is 0 Å². The van der Waals surface area contributed by atoms with E-state index in [1.807, 2.05) is 12.1 Å². The van der Waals surface area contributed by atoms with Crippen LogP contribution in [0.2, 0.25) is 5.02 Å². The Morgan fingerprint density at radius 2 is 1.86 bits per heavy atom. The molecule has 4 rings (SSSR count). The van der Waals surface area contributed by atoms with Crippen molar-refractivity contribution in [3.05, 3.63) is 29.4 Å². The summed E-state index contributed by atoms with van der Waals surface area (Å²) >= 11 is 7.54. The molecule has 1 aromatic carbocycles. The molecule has 28 heavy (non-hydrogen) atoms. The lowest BCUT2D eigenvalue weighted by Gasteiger charge is -2.39. The number of hydrogen-bond donors (Lipinski definition) is 2. The SMILES string of the molecule is Nc1cccc(Sc2ncc(N3CCC4(CC3)CCC(F)(F)C4)nc2N)c1Cl. The first-order valence-electron chi connectivity index (χ1n) is 9.24. The fraction of sp³-hybridized carbons (Fsp3) is 0.474. The first kappa shape index (κ1) is 19.5. The van der Waals surface area contributed by atoms with Crippen molar-refractivity contribution in [2.24, 2.45) is 5.41 Å². The minimum Gasteiger partial charge on any atom is -0.397 e. The van der Waals surface area contributed by atoms with Crippen molar-refractivity contribution in [3.63, 3.8) is 0 Å². The van der Waals surface area contributed by atoms with Crippen LogP contribution in [-0.4, -0.2) is 29.0 Å². The van der Waals surface area contributed by atoms with Crippen LogP contribution in [0, 0.1) is 5.41 Å². The van der Waals surface area contributed by atoms with Crippen LogP contribution < -0.4 is 16.4 Å². The van der Waals surface area contributed by atoms with Crippen molar-refractivity contribution in [1.82, 2.24) is 9.97 Å². The molecule has 2 heterocycles. The maximum Gasteiger partial charge on any atom is 0.248 e. The van der Waals surface area contributed by atoms with E-state index >= 15 is 0 Å². The molecular weight excluding hydrogens is 404 g/mol. The van der Waals surface area contributed by atoms with E-state index in [4.69, 9.17) is 23.1 Å². The van der Waals surface area contributed by atoms with Crippen molar-refractivity contribution in [2.45, 2.75) is 47.9 Å². The molecule has 0 unspecified atom stereocenters. The zero-order valence-corrected chi connectivity index (χ0v) is 16.9. The maximum absolute atomic E-state index is 13.7. The predicted molar refractivity (Wildman–Crippen MR) is 109 cm³/mol. The molecule has 0 bridgehead atoms. The van der Waals surface area contributed by atoms with Gasteiger partial charge in [0.05, 0.1) is 16.9 Å². The Balaban J connectivity index is 1.45. The van der Waals surface area contributed by atoms with Gasteiger partial charge in [0.1, 0.15) is 10.8 Å². The van der Waals surface area contributed by atoms with Crippen LogP contribution in [-0.2, 0) is 0 Å². The quantitative estimate of drug-likeness (QED) is 0.684. The normalized spacial score (nSPS) is 20.6. The van der Waals surface area contributed by atoms with Gasteiger partial charge in [-0.2, -0.15) is 0 Å². The van der Waals surface area contributed by atoms with E-state index in [0.717, 1.165) is 17.7 Å². The van der Waals surface area contributed by atoms with E-state index in [0.29, 0.717) is 46.9 Å². The highest BCUT2D eigenvalue weighted by Gasteiger charge is 2.50. The standard InChI is InChI=1S/C19H22ClF2N5S/c20-15-12(23)2-1-3-13(15)28-17-16(24)26-14(10-25-17)27-8-6-18(7-9-27)4-5-19(21,22)11-18/h1-3,10H,4-9,11,23H2,(H2,24,26). The second kappa shape index (κ2) is 7.22. The van der Waals surface area contributed by atoms with Crippen LogP contribution in [0.1, 0.15) is 32.1 Å². The van der Waals surface area contributed by atoms with E-state index in [2.05, 4.69) is 14.9 Å². The second-order valence-corrected chi connectivity index (χ2v) is 9.11. The number of benzene rings is 1. The van der Waals surface area contributed by atoms with Crippen molar-refractivity contribution >= 4 is 40.7 Å². The number of piperidine rings is 1. The van der Waals surface area contributed by atoms with E-state index in [9.17, 15) is 8.78 Å². The van der Waals surface area contributed by atoms with Gasteiger partial charge in [0.2, 0.25) is 5.92 Å². The molecule has 1 saturated carbocycles. The lowest BCUT2D eigenvalue weighted by atomic mass is 9.77. The van der Waals surface area contributed by atoms with Gasteiger partial charge in [-0.1, -0.05) is 29.4 Å². The van der Waals surface area contributed by atoms with Gasteiger partial charge in [-0.25, -0.2) is 18.7 Å². The summed E-state index contributed by atoms with van der Waals surface area (Å²) in [6.07, 6.45) is 3.81. The molecule has 9 heteroatoms. The average Bonchev–Trinajstić information content (AvgIpc) is 2.95. The molecule has 0 radical (unpaired) electrons. The van der Waals surface area contributed by atoms with Crippen LogP contribution in [0.25, 0.3) is 0 Å². The summed E-state index contributed by atoms with van der Waals surface area (Å²) in [4.78, 5) is 11.8. The first-order valence-corrected chi connectivity index (χ1v) is 10.4. The Labute approximate surface area is 171 Å². The molecule has 1 aliphatic carbocycles. The summed E-state index contributed by atoms with van der Waals surface area (Å²) in [5.41, 5.74) is 12.2. The van der Waals surface area contributed by atoms with Gasteiger partial charge in [-0.3, -0.25) is 0 Å². The van der Waals surface area contributed by atoms with E-state index < -0.39 is 5.92 Å². The molecule has 2 fully saturated rings. The predicted octanol–water partition coefficient (Wildman–Crippen LogP) is 4.85. The Morgan fingerprint density at radius 1 is 1.11 bits per heavy atom. The number of hydrogen-bond acceptors (Lipinski definition) is 6. The highest BCUT2D eigenvalue weighted by Crippen LogP contribution is 2.53. The van der Waals surface area contributed by atoms with Crippen molar-refractivity contribution in [1.29, 1.82) is 0 Å². The van der Waals surface area contributed by atoms with Gasteiger partial charge < -0.3 is 16.4 Å². The lowest BCUT2D eigenvalue weighted by Crippen LogP contribution is -2.40. The molecule has 1 aliphatic heterocycles. The summed E-state index contributed by atoms with van der Waals surface area (Å²) in [7, 11) is 0. The van der Waals surface area contributed by atoms with E-state index in [-0.39, 0.29) is 18.3 Å². The van der Waals surface area contributed by atoms with Crippen LogP contribution in [0.3, 0.4) is 0 Å². The van der Waals surface area contributed by atoms with Crippen LogP contribution in [0.5, 0.6) is 0 Å². The molecular formula is C19H22ClF2N5S. The Bertz CT molecular complexity index is 887. The maximum atomic E-state index is 13.7. The molecule has 150 valence electrons. The minimum atomic E-state index is -2.51. The Kier molecular flexibility index (Phi) is 5.03. The van der Waals surface area contributed by atoms with Crippen molar-refractivity contribution in [2.75, 3.05) is 29.5 Å². The number of alkyl halides is 2. The lowest BCUT2D eigenvalue weighted by molar-refractivity contribution is -0.00682. The molecule has 1 saturated heterocycles. The zero-order valence-electron chi connectivity index (χ0n) is 15.3. The van der Waals surface area contributed by atoms with Gasteiger partial charge in [-0.15, -0.1) is 0 Å². The Morgan fingerprint density at radius 3 is 2.50 bits per heavy atom. The van der Waals surface area contributed by atoms with Gasteiger partial charge >= 0.3 is 0 Å². The summed E-state index contributed by atoms with van der Waals surface area (Å²) in [5.74, 6) is -1.51. The van der Waals surface area contributed by atoms with Gasteiger partial charge in [0, 0.05) is 30.8 Å². The van der Waals surface area contributed by atoms with Crippen LogP contribution >= 0.6 is 23.4 Å². The monoisotopic (exact) mass is 425 g/mol. The number of anilines is 3. The summed E-state index contributed by atoms with van der Waals surface area (Å²) < 4.78 is 27.3. The molecule has 5 nitrogen and oxygen atoms in total. The molecule has 1 aromatic heterocycles. The summed E-state index contributed by atoms with van der Waals surface area (Å²) in [6.45, 7) is 1.38. The van der Waals surface area contributed by atoms with Crippen LogP contribution in [0.4, 0.5) is 26.1 Å². The number of nitrogens with two attached hydrogens (primary N) is 2. The largest absolute Gasteiger partial charge is 0.397 e. The highest BCUT2D eigenvalue weighted by atomic mass is 35.5. The van der Waals surface area contributed by atoms with Gasteiger partial charge in [0.15, 0.2) is 5.82 Å². The molecule has 0 atom stereocenters. The third-order valence-electron chi connectivity index (χ3n) is 5.75. The third-order valence-corrected chi connectivity index (χ3v) is 7.36. The number of aromatic nitrogens is 2. The molecule has 4 N–H and O–H groups in total. The Hall–Kier alpha value is -1.80. The van der Waals surface area contributed by atoms with Crippen molar-refractivity contribution in [3.8, 4) is 0 Å². The van der Waals surface area contributed by atoms with Crippen molar-refractivity contribution < 1.29 is 8.78 Å². The summed E-state index contributed by atoms with van der Waals surface area (Å²) in [6, 6.07) is 5.39.